The van der Waals surface area contributed by atoms with Gasteiger partial charge in [0.05, 0.1) is 40.2 Å². The Bertz CT molecular complexity index is 2560. The van der Waals surface area contributed by atoms with E-state index in [2.05, 4.69) is 33.0 Å². The number of fused-ring (bicyclic) bond motifs is 11. The van der Waals surface area contributed by atoms with Gasteiger partial charge in [-0.25, -0.2) is 0 Å². The number of imide groups is 1. The van der Waals surface area contributed by atoms with Crippen LogP contribution < -0.4 is 15.6 Å². The molecular formula is C47H49ClN6O6. The summed E-state index contributed by atoms with van der Waals surface area (Å²) in [4.78, 5) is 75.5. The first kappa shape index (κ1) is 37.9. The third-order valence-corrected chi connectivity index (χ3v) is 15.6. The first-order chi connectivity index (χ1) is 29.1. The van der Waals surface area contributed by atoms with Gasteiger partial charge in [-0.3, -0.25) is 33.9 Å². The zero-order valence-electron chi connectivity index (χ0n) is 33.8. The lowest BCUT2D eigenvalue weighted by Gasteiger charge is -2.39. The van der Waals surface area contributed by atoms with Gasteiger partial charge in [0.2, 0.25) is 17.7 Å². The van der Waals surface area contributed by atoms with Crippen LogP contribution in [-0.2, 0) is 31.8 Å². The minimum Gasteiger partial charge on any atom is -0.492 e. The number of hydrogen-bond donors (Lipinski definition) is 1. The number of likely N-dealkylation sites (tertiary alicyclic amines) is 2. The maximum atomic E-state index is 13.6. The van der Waals surface area contributed by atoms with Crippen LogP contribution in [0.5, 0.6) is 5.75 Å². The quantitative estimate of drug-likeness (QED) is 0.247. The number of carbonyl (C=O) groups is 4. The van der Waals surface area contributed by atoms with E-state index in [1.54, 1.807) is 11.0 Å². The second-order valence-electron chi connectivity index (χ2n) is 18.3. The zero-order chi connectivity index (χ0) is 40.9. The van der Waals surface area contributed by atoms with Gasteiger partial charge >= 0.3 is 0 Å². The molecule has 0 bridgehead atoms. The molecule has 2 spiro atoms. The number of aromatic nitrogens is 2. The Labute approximate surface area is 353 Å². The zero-order valence-corrected chi connectivity index (χ0v) is 34.5. The number of carbonyl (C=O) groups excluding carboxylic acids is 4. The monoisotopic (exact) mass is 828 g/mol. The number of amides is 4. The fourth-order valence-corrected chi connectivity index (χ4v) is 12.2. The van der Waals surface area contributed by atoms with Crippen LogP contribution in [0.15, 0.2) is 53.3 Å². The van der Waals surface area contributed by atoms with Crippen molar-refractivity contribution < 1.29 is 23.9 Å². The van der Waals surface area contributed by atoms with Crippen molar-refractivity contribution in [3.05, 3.63) is 97.5 Å². The molecule has 3 saturated heterocycles. The molecule has 1 atom stereocenters. The van der Waals surface area contributed by atoms with Gasteiger partial charge in [-0.1, -0.05) is 55.1 Å². The topological polar surface area (TPSA) is 134 Å². The fraction of sp³-hybridized carbons (Fsp3) is 0.489. The minimum absolute atomic E-state index is 0.193. The summed E-state index contributed by atoms with van der Waals surface area (Å²) >= 11 is 6.60. The van der Waals surface area contributed by atoms with E-state index in [1.165, 1.54) is 17.5 Å². The molecule has 0 radical (unpaired) electrons. The van der Waals surface area contributed by atoms with Gasteiger partial charge in [0.25, 0.3) is 11.5 Å². The highest BCUT2D eigenvalue weighted by atomic mass is 35.5. The molecule has 7 heterocycles. The van der Waals surface area contributed by atoms with Crippen molar-refractivity contribution in [2.45, 2.75) is 106 Å². The smallest absolute Gasteiger partial charge is 0.282 e. The minimum atomic E-state index is -0.665. The summed E-state index contributed by atoms with van der Waals surface area (Å²) in [6.07, 6.45) is 10.1. The number of hydrogen-bond acceptors (Lipinski definition) is 8. The summed E-state index contributed by atoms with van der Waals surface area (Å²) in [5.74, 6) is 1.31. The number of halogens is 1. The number of rotatable bonds is 5. The van der Waals surface area contributed by atoms with Crippen molar-refractivity contribution in [1.29, 1.82) is 0 Å². The Morgan fingerprint density at radius 1 is 0.900 bits per heavy atom. The average Bonchev–Trinajstić information content (AvgIpc) is 3.88. The van der Waals surface area contributed by atoms with Crippen molar-refractivity contribution >= 4 is 46.1 Å². The lowest BCUT2D eigenvalue weighted by Crippen LogP contribution is -2.52. The molecule has 1 aromatic heterocycles. The standard InChI is InChI=1S/C47H49ClN6O6/c48-34-5-4-6-35-40(34)43(58)50-45-47(16-2-1-3-17-47)32-9-7-29(25-37(32)54(35)45)28-13-20-51(21-14-28)22-15-39(56)52-23-18-46(19-24-52)27-60-41-31-26-53(36-11-12-38(55)49-42(36)57)44(59)30(31)8-10-33(41)46/h4-10,25,28,36H,1-3,11-24,26-27H2,(H,49,55,57)/t36-/m0/s1. The summed E-state index contributed by atoms with van der Waals surface area (Å²) in [5.41, 5.74) is 6.37. The Morgan fingerprint density at radius 3 is 2.47 bits per heavy atom. The largest absolute Gasteiger partial charge is 0.492 e. The predicted molar refractivity (Wildman–Crippen MR) is 225 cm³/mol. The molecule has 4 amide bonds. The van der Waals surface area contributed by atoms with Crippen molar-refractivity contribution in [3.63, 3.8) is 0 Å². The molecule has 60 heavy (non-hydrogen) atoms. The third-order valence-electron chi connectivity index (χ3n) is 15.3. The average molecular weight is 829 g/mol. The SMILES string of the molecule is O=C1CC[C@H](N2Cc3c(ccc4c3OCC43CCN(C(=O)CCN4CCC(c5ccc6c(c5)-n5c(nc(=O)c7c(Cl)cccc75)C65CCCCC5)CC4)CC3)C2=O)C(=O)N1. The lowest BCUT2D eigenvalue weighted by atomic mass is 9.69. The van der Waals surface area contributed by atoms with Crippen LogP contribution in [0, 0.1) is 0 Å². The van der Waals surface area contributed by atoms with Crippen molar-refractivity contribution in [3.8, 4) is 11.4 Å². The van der Waals surface area contributed by atoms with Gasteiger partial charge < -0.3 is 19.4 Å². The number of ether oxygens (including phenoxy) is 1. The number of nitrogens with one attached hydrogen (secondary N) is 1. The molecule has 1 N–H and O–H groups in total. The van der Waals surface area contributed by atoms with Gasteiger partial charge in [-0.2, -0.15) is 4.98 Å². The van der Waals surface area contributed by atoms with Crippen molar-refractivity contribution in [2.24, 2.45) is 0 Å². The van der Waals surface area contributed by atoms with Crippen molar-refractivity contribution in [2.75, 3.05) is 39.3 Å². The molecule has 1 saturated carbocycles. The molecule has 6 aliphatic heterocycles. The number of benzene rings is 3. The molecule has 7 aliphatic rings. The van der Waals surface area contributed by atoms with E-state index in [0.717, 1.165) is 105 Å². The van der Waals surface area contributed by atoms with E-state index in [9.17, 15) is 24.0 Å². The van der Waals surface area contributed by atoms with Gasteiger partial charge in [0.1, 0.15) is 17.6 Å². The highest BCUT2D eigenvalue weighted by Gasteiger charge is 2.49. The maximum absolute atomic E-state index is 13.6. The van der Waals surface area contributed by atoms with Gasteiger partial charge in [-0.15, -0.1) is 0 Å². The van der Waals surface area contributed by atoms with Gasteiger partial charge in [0.15, 0.2) is 0 Å². The molecule has 12 nitrogen and oxygen atoms in total. The number of piperidine rings is 3. The van der Waals surface area contributed by atoms with E-state index in [-0.39, 0.29) is 47.1 Å². The van der Waals surface area contributed by atoms with Crippen LogP contribution >= 0.6 is 11.6 Å². The first-order valence-electron chi connectivity index (χ1n) is 21.9. The second kappa shape index (κ2) is 14.3. The summed E-state index contributed by atoms with van der Waals surface area (Å²) in [6, 6.07) is 15.9. The molecule has 11 rings (SSSR count). The molecule has 4 aromatic rings. The summed E-state index contributed by atoms with van der Waals surface area (Å²) in [6.45, 7) is 4.75. The molecule has 0 unspecified atom stereocenters. The van der Waals surface area contributed by atoms with Gasteiger partial charge in [-0.05, 0) is 99.3 Å². The highest BCUT2D eigenvalue weighted by molar-refractivity contribution is 6.35. The summed E-state index contributed by atoms with van der Waals surface area (Å²) < 4.78 is 8.59. The van der Waals surface area contributed by atoms with Crippen LogP contribution in [0.25, 0.3) is 16.6 Å². The first-order valence-corrected chi connectivity index (χ1v) is 22.3. The number of nitrogens with zero attached hydrogens (tertiary/aromatic N) is 5. The third kappa shape index (κ3) is 5.80. The predicted octanol–water partition coefficient (Wildman–Crippen LogP) is 5.89. The lowest BCUT2D eigenvalue weighted by molar-refractivity contribution is -0.137. The van der Waals surface area contributed by atoms with Crippen LogP contribution in [0.4, 0.5) is 0 Å². The highest BCUT2D eigenvalue weighted by Crippen LogP contribution is 2.53. The molecule has 4 fully saturated rings. The van der Waals surface area contributed by atoms with Crippen LogP contribution in [-0.4, -0.2) is 93.3 Å². The molecular weight excluding hydrogens is 780 g/mol. The molecule has 310 valence electrons. The summed E-state index contributed by atoms with van der Waals surface area (Å²) in [7, 11) is 0. The Morgan fingerprint density at radius 2 is 1.68 bits per heavy atom. The van der Waals surface area contributed by atoms with E-state index < -0.39 is 11.9 Å². The molecule has 3 aromatic carbocycles. The van der Waals surface area contributed by atoms with Crippen LogP contribution in [0.3, 0.4) is 0 Å². The molecule has 13 heteroatoms. The van der Waals surface area contributed by atoms with E-state index in [4.69, 9.17) is 21.3 Å². The Kier molecular flexibility index (Phi) is 9.01. The van der Waals surface area contributed by atoms with E-state index in [1.807, 2.05) is 29.2 Å². The van der Waals surface area contributed by atoms with Crippen molar-refractivity contribution in [1.82, 2.24) is 29.6 Å². The van der Waals surface area contributed by atoms with E-state index >= 15 is 0 Å². The molecule has 1 aliphatic carbocycles. The van der Waals surface area contributed by atoms with Gasteiger partial charge in [0, 0.05) is 54.6 Å². The van der Waals surface area contributed by atoms with Crippen LogP contribution in [0.1, 0.15) is 121 Å². The van der Waals surface area contributed by atoms with Crippen LogP contribution in [0.2, 0.25) is 5.02 Å². The Hall–Kier alpha value is -5.07. The normalized spacial score (nSPS) is 23.1. The summed E-state index contributed by atoms with van der Waals surface area (Å²) in [5, 5.41) is 3.30. The van der Waals surface area contributed by atoms with E-state index in [0.29, 0.717) is 54.4 Å². The maximum Gasteiger partial charge on any atom is 0.282 e. The second-order valence-corrected chi connectivity index (χ2v) is 18.7. The fourth-order valence-electron chi connectivity index (χ4n) is 11.9. The Balaban J connectivity index is 0.721.